The van der Waals surface area contributed by atoms with Gasteiger partial charge in [0.1, 0.15) is 23.5 Å². The fourth-order valence-electron chi connectivity index (χ4n) is 2.40. The van der Waals surface area contributed by atoms with E-state index in [2.05, 4.69) is 16.0 Å². The van der Waals surface area contributed by atoms with Gasteiger partial charge in [-0.3, -0.25) is 4.90 Å². The lowest BCUT2D eigenvalue weighted by atomic mass is 10.3. The van der Waals surface area contributed by atoms with Crippen molar-refractivity contribution in [3.05, 3.63) is 59.6 Å². The molecule has 1 aromatic heterocycles. The average Bonchev–Trinajstić information content (AvgIpc) is 2.96. The molecule has 0 saturated carbocycles. The minimum Gasteiger partial charge on any atom is -0.491 e. The fraction of sp³-hybridized carbons (Fsp3) is 0.278. The third kappa shape index (κ3) is 4.51. The normalized spacial score (nSPS) is 12.7. The molecule has 5 heteroatoms. The quantitative estimate of drug-likeness (QED) is 0.723. The molecule has 1 atom stereocenters. The number of hydrogen-bond acceptors (Lipinski definition) is 5. The molecule has 1 heterocycles. The van der Waals surface area contributed by atoms with E-state index in [4.69, 9.17) is 4.74 Å². The number of likely N-dealkylation sites (N-methyl/N-ethyl adjacent to an activating group) is 1. The summed E-state index contributed by atoms with van der Waals surface area (Å²) in [5.74, 6) is 0.778. The molecular weight excluding hydrogens is 308 g/mol. The molecule has 0 bridgehead atoms. The van der Waals surface area contributed by atoms with Crippen molar-refractivity contribution < 1.29 is 9.84 Å². The van der Waals surface area contributed by atoms with Crippen LogP contribution < -0.4 is 4.74 Å². The van der Waals surface area contributed by atoms with Crippen molar-refractivity contribution in [1.82, 2.24) is 9.88 Å². The number of aromatic nitrogens is 1. The van der Waals surface area contributed by atoms with Gasteiger partial charge in [0.25, 0.3) is 0 Å². The van der Waals surface area contributed by atoms with E-state index in [0.717, 1.165) is 22.8 Å². The first-order valence-electron chi connectivity index (χ1n) is 7.59. The standard InChI is InChI=1S/C18H20N2O2S/c1-20(11-14(21)13-22-15-7-3-2-4-8-15)12-18-19-16-9-5-6-10-17(16)23-18/h2-10,14,21H,11-13H2,1H3/t14-/m0/s1. The van der Waals surface area contributed by atoms with Gasteiger partial charge in [-0.25, -0.2) is 4.98 Å². The van der Waals surface area contributed by atoms with Gasteiger partial charge < -0.3 is 9.84 Å². The molecule has 120 valence electrons. The topological polar surface area (TPSA) is 45.6 Å². The highest BCUT2D eigenvalue weighted by Gasteiger charge is 2.12. The van der Waals surface area contributed by atoms with Gasteiger partial charge >= 0.3 is 0 Å². The van der Waals surface area contributed by atoms with Gasteiger partial charge in [-0.15, -0.1) is 11.3 Å². The van der Waals surface area contributed by atoms with Gasteiger partial charge in [0.05, 0.1) is 16.8 Å². The number of ether oxygens (including phenoxy) is 1. The van der Waals surface area contributed by atoms with Crippen LogP contribution in [0.2, 0.25) is 0 Å². The number of nitrogens with zero attached hydrogens (tertiary/aromatic N) is 2. The van der Waals surface area contributed by atoms with E-state index in [1.54, 1.807) is 11.3 Å². The van der Waals surface area contributed by atoms with Crippen LogP contribution in [0.5, 0.6) is 5.75 Å². The van der Waals surface area contributed by atoms with Gasteiger partial charge in [0.2, 0.25) is 0 Å². The lowest BCUT2D eigenvalue weighted by Crippen LogP contribution is -2.32. The summed E-state index contributed by atoms with van der Waals surface area (Å²) < 4.78 is 6.78. The predicted octanol–water partition coefficient (Wildman–Crippen LogP) is 3.17. The van der Waals surface area contributed by atoms with E-state index >= 15 is 0 Å². The Morgan fingerprint density at radius 3 is 2.65 bits per heavy atom. The van der Waals surface area contributed by atoms with Crippen LogP contribution >= 0.6 is 11.3 Å². The lowest BCUT2D eigenvalue weighted by Gasteiger charge is -2.19. The van der Waals surface area contributed by atoms with E-state index in [-0.39, 0.29) is 6.61 Å². The Kier molecular flexibility index (Phi) is 5.23. The monoisotopic (exact) mass is 328 g/mol. The Bertz CT molecular complexity index is 712. The molecule has 23 heavy (non-hydrogen) atoms. The third-order valence-corrected chi connectivity index (χ3v) is 4.47. The molecule has 4 nitrogen and oxygen atoms in total. The molecule has 0 aliphatic heterocycles. The first-order valence-corrected chi connectivity index (χ1v) is 8.41. The maximum atomic E-state index is 10.1. The van der Waals surface area contributed by atoms with Crippen LogP contribution in [0.25, 0.3) is 10.2 Å². The smallest absolute Gasteiger partial charge is 0.119 e. The maximum absolute atomic E-state index is 10.1. The first-order chi connectivity index (χ1) is 11.2. The summed E-state index contributed by atoms with van der Waals surface area (Å²) in [4.78, 5) is 6.68. The highest BCUT2D eigenvalue weighted by Crippen LogP contribution is 2.22. The van der Waals surface area contributed by atoms with E-state index < -0.39 is 6.10 Å². The lowest BCUT2D eigenvalue weighted by molar-refractivity contribution is 0.0744. The average molecular weight is 328 g/mol. The zero-order valence-electron chi connectivity index (χ0n) is 13.1. The number of aliphatic hydroxyl groups excluding tert-OH is 1. The van der Waals surface area contributed by atoms with Crippen molar-refractivity contribution in [1.29, 1.82) is 0 Å². The van der Waals surface area contributed by atoms with E-state index in [0.29, 0.717) is 6.54 Å². The first kappa shape index (κ1) is 15.9. The number of rotatable bonds is 7. The summed E-state index contributed by atoms with van der Waals surface area (Å²) in [6.45, 7) is 1.55. The van der Waals surface area contributed by atoms with Crippen LogP contribution in [0, 0.1) is 0 Å². The van der Waals surface area contributed by atoms with Crippen LogP contribution in [0.15, 0.2) is 54.6 Å². The van der Waals surface area contributed by atoms with Gasteiger partial charge in [-0.2, -0.15) is 0 Å². The molecule has 0 amide bonds. The molecule has 2 aromatic carbocycles. The second-order valence-electron chi connectivity index (χ2n) is 5.55. The molecule has 0 spiro atoms. The van der Waals surface area contributed by atoms with Gasteiger partial charge in [0.15, 0.2) is 0 Å². The third-order valence-electron chi connectivity index (χ3n) is 3.45. The molecular formula is C18H20N2O2S. The van der Waals surface area contributed by atoms with E-state index in [9.17, 15) is 5.11 Å². The fourth-order valence-corrected chi connectivity index (χ4v) is 3.45. The Balaban J connectivity index is 1.49. The van der Waals surface area contributed by atoms with Crippen LogP contribution in [-0.2, 0) is 6.54 Å². The summed E-state index contributed by atoms with van der Waals surface area (Å²) in [5, 5.41) is 11.2. The molecule has 0 aliphatic carbocycles. The maximum Gasteiger partial charge on any atom is 0.119 e. The molecule has 0 aliphatic rings. The van der Waals surface area contributed by atoms with Crippen molar-refractivity contribution in [3.63, 3.8) is 0 Å². The molecule has 0 saturated heterocycles. The summed E-state index contributed by atoms with van der Waals surface area (Å²) in [5.41, 5.74) is 1.04. The van der Waals surface area contributed by atoms with Crippen molar-refractivity contribution in [2.45, 2.75) is 12.6 Å². The van der Waals surface area contributed by atoms with Gasteiger partial charge in [-0.05, 0) is 31.3 Å². The van der Waals surface area contributed by atoms with Crippen LogP contribution in [0.3, 0.4) is 0 Å². The molecule has 3 rings (SSSR count). The molecule has 0 fully saturated rings. The molecule has 1 N–H and O–H groups in total. The zero-order valence-corrected chi connectivity index (χ0v) is 13.9. The molecule has 0 unspecified atom stereocenters. The van der Waals surface area contributed by atoms with Gasteiger partial charge in [-0.1, -0.05) is 30.3 Å². The van der Waals surface area contributed by atoms with Crippen LogP contribution in [0.1, 0.15) is 5.01 Å². The number of fused-ring (bicyclic) bond motifs is 1. The Morgan fingerprint density at radius 1 is 1.13 bits per heavy atom. The highest BCUT2D eigenvalue weighted by molar-refractivity contribution is 7.18. The minimum atomic E-state index is -0.533. The highest BCUT2D eigenvalue weighted by atomic mass is 32.1. The number of benzene rings is 2. The summed E-state index contributed by atoms with van der Waals surface area (Å²) >= 11 is 1.70. The van der Waals surface area contributed by atoms with E-state index in [1.165, 1.54) is 4.70 Å². The zero-order chi connectivity index (χ0) is 16.1. The predicted molar refractivity (Wildman–Crippen MR) is 93.9 cm³/mol. The van der Waals surface area contributed by atoms with Crippen molar-refractivity contribution in [2.75, 3.05) is 20.2 Å². The molecule has 3 aromatic rings. The second-order valence-corrected chi connectivity index (χ2v) is 6.67. The Hall–Kier alpha value is -1.95. The van der Waals surface area contributed by atoms with Crippen LogP contribution in [-0.4, -0.2) is 41.3 Å². The largest absolute Gasteiger partial charge is 0.491 e. The molecule has 0 radical (unpaired) electrons. The number of hydrogen-bond donors (Lipinski definition) is 1. The van der Waals surface area contributed by atoms with Crippen molar-refractivity contribution in [3.8, 4) is 5.75 Å². The minimum absolute atomic E-state index is 0.286. The van der Waals surface area contributed by atoms with E-state index in [1.807, 2.05) is 55.6 Å². The SMILES string of the molecule is CN(Cc1nc2ccccc2s1)C[C@H](O)COc1ccccc1. The Labute approximate surface area is 140 Å². The van der Waals surface area contributed by atoms with Crippen molar-refractivity contribution >= 4 is 21.6 Å². The van der Waals surface area contributed by atoms with Gasteiger partial charge in [0, 0.05) is 6.54 Å². The number of para-hydroxylation sites is 2. The summed E-state index contributed by atoms with van der Waals surface area (Å²) in [7, 11) is 1.98. The number of aliphatic hydroxyl groups is 1. The Morgan fingerprint density at radius 2 is 1.87 bits per heavy atom. The number of thiazole rings is 1. The van der Waals surface area contributed by atoms with Crippen LogP contribution in [0.4, 0.5) is 0 Å². The summed E-state index contributed by atoms with van der Waals surface area (Å²) in [6, 6.07) is 17.7. The second kappa shape index (κ2) is 7.55. The summed E-state index contributed by atoms with van der Waals surface area (Å²) in [6.07, 6.45) is -0.533. The van der Waals surface area contributed by atoms with Crippen molar-refractivity contribution in [2.24, 2.45) is 0 Å².